The maximum Gasteiger partial charge on any atom is 0.305 e. The van der Waals surface area contributed by atoms with Gasteiger partial charge in [0, 0.05) is 17.4 Å². The molecule has 0 heterocycles. The molecule has 1 atom stereocenters. The lowest BCUT2D eigenvalue weighted by Crippen LogP contribution is -2.04. The molecule has 0 amide bonds. The first-order valence-electron chi connectivity index (χ1n) is 7.36. The Balaban J connectivity index is 2.12. The number of carbonyl (C=O) groups excluding carboxylic acids is 1. The summed E-state index contributed by atoms with van der Waals surface area (Å²) in [4.78, 5) is 22.4. The minimum absolute atomic E-state index is 0.0823. The highest BCUT2D eigenvalue weighted by molar-refractivity contribution is 5.89. The highest BCUT2D eigenvalue weighted by atomic mass is 16.5. The number of aromatic hydroxyl groups is 1. The van der Waals surface area contributed by atoms with Gasteiger partial charge in [0.05, 0.1) is 6.61 Å². The van der Waals surface area contributed by atoms with Crippen molar-refractivity contribution in [2.75, 3.05) is 6.61 Å². The van der Waals surface area contributed by atoms with E-state index in [1.807, 2.05) is 24.3 Å². The molecule has 2 aromatic carbocycles. The molecule has 0 aliphatic carbocycles. The third-order valence-electron chi connectivity index (χ3n) is 3.58. The second-order valence-electron chi connectivity index (χ2n) is 5.04. The van der Waals surface area contributed by atoms with E-state index < -0.39 is 6.04 Å². The van der Waals surface area contributed by atoms with Crippen LogP contribution in [0.3, 0.4) is 0 Å². The van der Waals surface area contributed by atoms with Crippen molar-refractivity contribution in [1.82, 2.24) is 0 Å². The summed E-state index contributed by atoms with van der Waals surface area (Å²) in [7, 11) is 0. The number of ether oxygens (including phenoxy) is 1. The Morgan fingerprint density at radius 2 is 2.05 bits per heavy atom. The molecule has 2 aromatic rings. The standard InChI is InChI=1S/C17H19NO4/c1-2-22-16(19)9-5-8-15(18-21)14-11-10-12-6-3-4-7-13(12)17(14)20/h3-4,6-7,10-11,15,20H,2,5,8-9H2,1H3. The maximum absolute atomic E-state index is 11.3. The predicted molar refractivity (Wildman–Crippen MR) is 84.6 cm³/mol. The van der Waals surface area contributed by atoms with E-state index in [2.05, 4.69) is 5.18 Å². The summed E-state index contributed by atoms with van der Waals surface area (Å²) in [6, 6.07) is 10.3. The molecule has 0 saturated heterocycles. The number of hydrogen-bond donors (Lipinski definition) is 1. The summed E-state index contributed by atoms with van der Waals surface area (Å²) in [6.07, 6.45) is 1.13. The lowest BCUT2D eigenvalue weighted by molar-refractivity contribution is -0.143. The summed E-state index contributed by atoms with van der Waals surface area (Å²) in [6.45, 7) is 2.10. The SMILES string of the molecule is CCOC(=O)CCCC(N=O)c1ccc2ccccc2c1O. The lowest BCUT2D eigenvalue weighted by Gasteiger charge is -2.13. The van der Waals surface area contributed by atoms with Gasteiger partial charge in [-0.15, -0.1) is 0 Å². The number of nitroso groups, excluding NO2 is 1. The molecule has 5 heteroatoms. The van der Waals surface area contributed by atoms with E-state index >= 15 is 0 Å². The second-order valence-corrected chi connectivity index (χ2v) is 5.04. The molecular weight excluding hydrogens is 282 g/mol. The largest absolute Gasteiger partial charge is 0.507 e. The predicted octanol–water partition coefficient (Wildman–Crippen LogP) is 4.09. The van der Waals surface area contributed by atoms with E-state index in [-0.39, 0.29) is 18.1 Å². The van der Waals surface area contributed by atoms with Gasteiger partial charge in [-0.2, -0.15) is 4.91 Å². The Bertz CT molecular complexity index is 669. The lowest BCUT2D eigenvalue weighted by atomic mass is 9.97. The van der Waals surface area contributed by atoms with E-state index in [0.717, 1.165) is 5.39 Å². The Labute approximate surface area is 128 Å². The first kappa shape index (κ1) is 15.9. The average molecular weight is 301 g/mol. The van der Waals surface area contributed by atoms with Gasteiger partial charge in [-0.1, -0.05) is 41.6 Å². The van der Waals surface area contributed by atoms with Gasteiger partial charge in [0.25, 0.3) is 0 Å². The zero-order valence-electron chi connectivity index (χ0n) is 12.5. The first-order valence-corrected chi connectivity index (χ1v) is 7.36. The number of phenols is 1. The van der Waals surface area contributed by atoms with Crippen molar-refractivity contribution in [2.45, 2.75) is 32.2 Å². The molecule has 5 nitrogen and oxygen atoms in total. The van der Waals surface area contributed by atoms with Crippen molar-refractivity contribution in [1.29, 1.82) is 0 Å². The third-order valence-corrected chi connectivity index (χ3v) is 3.58. The smallest absolute Gasteiger partial charge is 0.305 e. The molecule has 0 bridgehead atoms. The van der Waals surface area contributed by atoms with E-state index in [0.29, 0.717) is 30.4 Å². The van der Waals surface area contributed by atoms with Crippen LogP contribution in [0.4, 0.5) is 0 Å². The Morgan fingerprint density at radius 1 is 1.27 bits per heavy atom. The fourth-order valence-corrected chi connectivity index (χ4v) is 2.48. The molecular formula is C17H19NO4. The summed E-state index contributed by atoms with van der Waals surface area (Å²) in [5.74, 6) is -0.200. The van der Waals surface area contributed by atoms with Crippen molar-refractivity contribution in [2.24, 2.45) is 5.18 Å². The van der Waals surface area contributed by atoms with Crippen LogP contribution in [0.15, 0.2) is 41.6 Å². The van der Waals surface area contributed by atoms with Crippen LogP contribution in [0, 0.1) is 4.91 Å². The quantitative estimate of drug-likeness (QED) is 0.617. The molecule has 0 aliphatic rings. The second kappa shape index (κ2) is 7.54. The van der Waals surface area contributed by atoms with Crippen molar-refractivity contribution < 1.29 is 14.6 Å². The summed E-state index contributed by atoms with van der Waals surface area (Å²) >= 11 is 0. The van der Waals surface area contributed by atoms with E-state index in [4.69, 9.17) is 4.74 Å². The molecule has 0 saturated carbocycles. The third kappa shape index (κ3) is 3.61. The number of rotatable bonds is 7. The number of benzene rings is 2. The van der Waals surface area contributed by atoms with E-state index in [1.54, 1.807) is 19.1 Å². The van der Waals surface area contributed by atoms with Crippen LogP contribution in [0.25, 0.3) is 10.8 Å². The molecule has 22 heavy (non-hydrogen) atoms. The number of phenolic OH excluding ortho intramolecular Hbond substituents is 1. The topological polar surface area (TPSA) is 76.0 Å². The molecule has 1 unspecified atom stereocenters. The van der Waals surface area contributed by atoms with Crippen LogP contribution in [0.5, 0.6) is 5.75 Å². The van der Waals surface area contributed by atoms with Crippen LogP contribution in [-0.2, 0) is 9.53 Å². The molecule has 0 spiro atoms. The van der Waals surface area contributed by atoms with Crippen molar-refractivity contribution in [3.05, 3.63) is 46.9 Å². The summed E-state index contributed by atoms with van der Waals surface area (Å²) in [5, 5.41) is 15.1. The van der Waals surface area contributed by atoms with Gasteiger partial charge in [-0.3, -0.25) is 4.79 Å². The van der Waals surface area contributed by atoms with Gasteiger partial charge in [0.1, 0.15) is 11.8 Å². The van der Waals surface area contributed by atoms with Crippen LogP contribution in [0.1, 0.15) is 37.8 Å². The summed E-state index contributed by atoms with van der Waals surface area (Å²) in [5.41, 5.74) is 0.498. The van der Waals surface area contributed by atoms with Crippen LogP contribution >= 0.6 is 0 Å². The van der Waals surface area contributed by atoms with Gasteiger partial charge in [-0.05, 0) is 25.2 Å². The molecule has 0 fully saturated rings. The van der Waals surface area contributed by atoms with Crippen LogP contribution in [-0.4, -0.2) is 17.7 Å². The Hall–Kier alpha value is -2.43. The van der Waals surface area contributed by atoms with Gasteiger partial charge in [0.15, 0.2) is 0 Å². The highest BCUT2D eigenvalue weighted by Gasteiger charge is 2.18. The molecule has 0 radical (unpaired) electrons. The average Bonchev–Trinajstić information content (AvgIpc) is 2.53. The summed E-state index contributed by atoms with van der Waals surface area (Å²) < 4.78 is 4.85. The number of carbonyl (C=O) groups is 1. The van der Waals surface area contributed by atoms with Gasteiger partial charge in [0.2, 0.25) is 0 Å². The minimum atomic E-state index is -0.668. The maximum atomic E-state index is 11.3. The van der Waals surface area contributed by atoms with E-state index in [9.17, 15) is 14.8 Å². The Kier molecular flexibility index (Phi) is 5.47. The molecule has 2 rings (SSSR count). The molecule has 0 aliphatic heterocycles. The fraction of sp³-hybridized carbons (Fsp3) is 0.353. The normalized spacial score (nSPS) is 12.0. The van der Waals surface area contributed by atoms with E-state index in [1.165, 1.54) is 0 Å². The van der Waals surface area contributed by atoms with Crippen molar-refractivity contribution in [3.8, 4) is 5.75 Å². The number of hydrogen-bond acceptors (Lipinski definition) is 5. The highest BCUT2D eigenvalue weighted by Crippen LogP contribution is 2.36. The van der Waals surface area contributed by atoms with Gasteiger partial charge < -0.3 is 9.84 Å². The Morgan fingerprint density at radius 3 is 2.77 bits per heavy atom. The molecule has 116 valence electrons. The minimum Gasteiger partial charge on any atom is -0.507 e. The first-order chi connectivity index (χ1) is 10.7. The fourth-order valence-electron chi connectivity index (χ4n) is 2.48. The van der Waals surface area contributed by atoms with Crippen LogP contribution < -0.4 is 0 Å². The zero-order valence-corrected chi connectivity index (χ0v) is 12.5. The van der Waals surface area contributed by atoms with Gasteiger partial charge >= 0.3 is 5.97 Å². The van der Waals surface area contributed by atoms with Crippen LogP contribution in [0.2, 0.25) is 0 Å². The molecule has 0 aromatic heterocycles. The van der Waals surface area contributed by atoms with Gasteiger partial charge in [-0.25, -0.2) is 0 Å². The number of fused-ring (bicyclic) bond motifs is 1. The number of esters is 1. The monoisotopic (exact) mass is 301 g/mol. The zero-order chi connectivity index (χ0) is 15.9. The number of nitrogens with zero attached hydrogens (tertiary/aromatic N) is 1. The van der Waals surface area contributed by atoms with Crippen molar-refractivity contribution >= 4 is 16.7 Å². The van der Waals surface area contributed by atoms with Crippen molar-refractivity contribution in [3.63, 3.8) is 0 Å². The molecule has 1 N–H and O–H groups in total.